The SMILES string of the molecule is CCC(C)(C)n1nnnc1[C@@H](c1ccccc1OC)N1CCN(c2cccc(C)c2C)CC1. The number of rotatable bonds is 7. The van der Waals surface area contributed by atoms with Crippen LogP contribution in [0.25, 0.3) is 0 Å². The Bertz CT molecular complexity index is 1080. The lowest BCUT2D eigenvalue weighted by Gasteiger charge is -2.41. The molecule has 0 N–H and O–H groups in total. The third-order valence-electron chi connectivity index (χ3n) is 7.21. The van der Waals surface area contributed by atoms with Gasteiger partial charge in [-0.25, -0.2) is 4.68 Å². The second-order valence-corrected chi connectivity index (χ2v) is 9.50. The van der Waals surface area contributed by atoms with Crippen LogP contribution in [-0.4, -0.2) is 58.4 Å². The minimum absolute atomic E-state index is 0.0808. The molecule has 4 rings (SSSR count). The van der Waals surface area contributed by atoms with E-state index >= 15 is 0 Å². The number of benzene rings is 2. The Balaban J connectivity index is 1.69. The third kappa shape index (κ3) is 4.47. The van der Waals surface area contributed by atoms with Gasteiger partial charge in [0.25, 0.3) is 0 Å². The lowest BCUT2D eigenvalue weighted by Crippen LogP contribution is -2.49. The van der Waals surface area contributed by atoms with Crippen molar-refractivity contribution < 1.29 is 4.74 Å². The van der Waals surface area contributed by atoms with Gasteiger partial charge in [-0.05, 0) is 67.8 Å². The summed E-state index contributed by atoms with van der Waals surface area (Å²) in [6, 6.07) is 14.7. The molecule has 1 fully saturated rings. The first-order valence-electron chi connectivity index (χ1n) is 11.8. The van der Waals surface area contributed by atoms with Crippen molar-refractivity contribution in [3.8, 4) is 5.75 Å². The fraction of sp³-hybridized carbons (Fsp3) is 0.500. The third-order valence-corrected chi connectivity index (χ3v) is 7.21. The highest BCUT2D eigenvalue weighted by atomic mass is 16.5. The van der Waals surface area contributed by atoms with E-state index in [1.807, 2.05) is 16.8 Å². The van der Waals surface area contributed by atoms with Gasteiger partial charge in [0, 0.05) is 37.4 Å². The Labute approximate surface area is 197 Å². The van der Waals surface area contributed by atoms with Gasteiger partial charge in [-0.2, -0.15) is 0 Å². The average Bonchev–Trinajstić information content (AvgIpc) is 3.32. The number of para-hydroxylation sites is 1. The molecule has 33 heavy (non-hydrogen) atoms. The number of aryl methyl sites for hydroxylation is 1. The number of ether oxygens (including phenoxy) is 1. The van der Waals surface area contributed by atoms with E-state index in [1.54, 1.807) is 7.11 Å². The fourth-order valence-corrected chi connectivity index (χ4v) is 4.64. The van der Waals surface area contributed by atoms with Gasteiger partial charge in [-0.15, -0.1) is 5.10 Å². The van der Waals surface area contributed by atoms with Crippen molar-refractivity contribution in [2.45, 2.75) is 52.6 Å². The van der Waals surface area contributed by atoms with Crippen LogP contribution < -0.4 is 9.64 Å². The Morgan fingerprint density at radius 3 is 2.42 bits per heavy atom. The van der Waals surface area contributed by atoms with E-state index in [1.165, 1.54) is 16.8 Å². The molecule has 1 aliphatic heterocycles. The number of piperazine rings is 1. The molecule has 0 amide bonds. The lowest BCUT2D eigenvalue weighted by molar-refractivity contribution is 0.184. The van der Waals surface area contributed by atoms with Gasteiger partial charge in [0.05, 0.1) is 12.6 Å². The van der Waals surface area contributed by atoms with Crippen molar-refractivity contribution in [1.82, 2.24) is 25.1 Å². The minimum atomic E-state index is -0.181. The molecule has 1 atom stereocenters. The zero-order valence-electron chi connectivity index (χ0n) is 20.7. The van der Waals surface area contributed by atoms with Crippen LogP contribution in [0.1, 0.15) is 55.7 Å². The summed E-state index contributed by atoms with van der Waals surface area (Å²) in [5, 5.41) is 13.1. The van der Waals surface area contributed by atoms with E-state index in [0.717, 1.165) is 49.7 Å². The molecule has 1 aliphatic rings. The maximum atomic E-state index is 5.77. The van der Waals surface area contributed by atoms with Crippen molar-refractivity contribution in [2.75, 3.05) is 38.2 Å². The maximum absolute atomic E-state index is 5.77. The molecule has 176 valence electrons. The Hall–Kier alpha value is -2.93. The molecule has 7 nitrogen and oxygen atoms in total. The summed E-state index contributed by atoms with van der Waals surface area (Å²) in [4.78, 5) is 4.99. The van der Waals surface area contributed by atoms with Gasteiger partial charge < -0.3 is 9.64 Å². The summed E-state index contributed by atoms with van der Waals surface area (Å²) >= 11 is 0. The smallest absolute Gasteiger partial charge is 0.173 e. The van der Waals surface area contributed by atoms with Crippen LogP contribution in [0.3, 0.4) is 0 Å². The fourth-order valence-electron chi connectivity index (χ4n) is 4.64. The van der Waals surface area contributed by atoms with E-state index in [-0.39, 0.29) is 11.6 Å². The van der Waals surface area contributed by atoms with E-state index in [9.17, 15) is 0 Å². The van der Waals surface area contributed by atoms with Crippen molar-refractivity contribution in [2.24, 2.45) is 0 Å². The van der Waals surface area contributed by atoms with E-state index in [2.05, 4.69) is 90.3 Å². The number of nitrogens with zero attached hydrogens (tertiary/aromatic N) is 6. The largest absolute Gasteiger partial charge is 0.496 e. The molecule has 0 spiro atoms. The average molecular weight is 449 g/mol. The second kappa shape index (κ2) is 9.51. The zero-order valence-corrected chi connectivity index (χ0v) is 20.7. The minimum Gasteiger partial charge on any atom is -0.496 e. The standard InChI is InChI=1S/C26H36N6O/c1-7-26(4,5)32-25(27-28-29-32)24(21-12-8-9-14-23(21)33-6)31-17-15-30(16-18-31)22-13-10-11-19(2)20(22)3/h8-14,24H,7,15-18H2,1-6H3/t24-/m1/s1. The highest BCUT2D eigenvalue weighted by molar-refractivity contribution is 5.56. The highest BCUT2D eigenvalue weighted by Gasteiger charge is 2.35. The summed E-state index contributed by atoms with van der Waals surface area (Å²) in [6.45, 7) is 14.7. The number of methoxy groups -OCH3 is 1. The summed E-state index contributed by atoms with van der Waals surface area (Å²) in [6.07, 6.45) is 0.935. The second-order valence-electron chi connectivity index (χ2n) is 9.50. The summed E-state index contributed by atoms with van der Waals surface area (Å²) < 4.78 is 7.77. The zero-order chi connectivity index (χ0) is 23.6. The molecule has 0 saturated carbocycles. The van der Waals surface area contributed by atoms with Crippen molar-refractivity contribution in [1.29, 1.82) is 0 Å². The van der Waals surface area contributed by atoms with Crippen LogP contribution in [-0.2, 0) is 5.54 Å². The molecular weight excluding hydrogens is 412 g/mol. The van der Waals surface area contributed by atoms with Gasteiger partial charge in [-0.1, -0.05) is 37.3 Å². The maximum Gasteiger partial charge on any atom is 0.173 e. The van der Waals surface area contributed by atoms with Crippen LogP contribution in [0.5, 0.6) is 5.75 Å². The van der Waals surface area contributed by atoms with E-state index in [4.69, 9.17) is 4.74 Å². The Kier molecular flexibility index (Phi) is 6.70. The topological polar surface area (TPSA) is 59.3 Å². The number of tetrazole rings is 1. The van der Waals surface area contributed by atoms with Crippen LogP contribution in [0.4, 0.5) is 5.69 Å². The van der Waals surface area contributed by atoms with Crippen LogP contribution in [0.2, 0.25) is 0 Å². The van der Waals surface area contributed by atoms with Crippen LogP contribution in [0, 0.1) is 13.8 Å². The van der Waals surface area contributed by atoms with Gasteiger partial charge in [-0.3, -0.25) is 4.90 Å². The summed E-state index contributed by atoms with van der Waals surface area (Å²) in [7, 11) is 1.73. The molecule has 2 aromatic carbocycles. The number of anilines is 1. The predicted molar refractivity (Wildman–Crippen MR) is 132 cm³/mol. The summed E-state index contributed by atoms with van der Waals surface area (Å²) in [5.41, 5.74) is 4.95. The van der Waals surface area contributed by atoms with Crippen molar-refractivity contribution in [3.05, 3.63) is 65.0 Å². The first-order chi connectivity index (χ1) is 15.9. The Morgan fingerprint density at radius 2 is 1.73 bits per heavy atom. The predicted octanol–water partition coefficient (Wildman–Crippen LogP) is 4.36. The normalized spacial score (nSPS) is 16.1. The quantitative estimate of drug-likeness (QED) is 0.535. The van der Waals surface area contributed by atoms with Crippen molar-refractivity contribution >= 4 is 5.69 Å². The molecule has 2 heterocycles. The first-order valence-corrected chi connectivity index (χ1v) is 11.8. The van der Waals surface area contributed by atoms with Gasteiger partial charge >= 0.3 is 0 Å². The molecule has 1 aromatic heterocycles. The number of aromatic nitrogens is 4. The molecule has 3 aromatic rings. The first kappa shape index (κ1) is 23.2. The van der Waals surface area contributed by atoms with E-state index in [0.29, 0.717) is 0 Å². The molecule has 0 radical (unpaired) electrons. The number of hydrogen-bond donors (Lipinski definition) is 0. The highest BCUT2D eigenvalue weighted by Crippen LogP contribution is 2.36. The van der Waals surface area contributed by atoms with Gasteiger partial charge in [0.1, 0.15) is 11.8 Å². The van der Waals surface area contributed by atoms with Crippen LogP contribution >= 0.6 is 0 Å². The molecule has 1 saturated heterocycles. The van der Waals surface area contributed by atoms with Gasteiger partial charge in [0.2, 0.25) is 0 Å². The summed E-state index contributed by atoms with van der Waals surface area (Å²) in [5.74, 6) is 1.73. The molecule has 0 bridgehead atoms. The van der Waals surface area contributed by atoms with E-state index < -0.39 is 0 Å². The monoisotopic (exact) mass is 448 g/mol. The lowest BCUT2D eigenvalue weighted by atomic mass is 9.98. The molecule has 7 heteroatoms. The van der Waals surface area contributed by atoms with Gasteiger partial charge in [0.15, 0.2) is 5.82 Å². The molecule has 0 aliphatic carbocycles. The molecular formula is C26H36N6O. The Morgan fingerprint density at radius 1 is 1.00 bits per heavy atom. The number of hydrogen-bond acceptors (Lipinski definition) is 6. The van der Waals surface area contributed by atoms with Crippen LogP contribution in [0.15, 0.2) is 42.5 Å². The van der Waals surface area contributed by atoms with Crippen molar-refractivity contribution in [3.63, 3.8) is 0 Å². The molecule has 0 unspecified atom stereocenters.